The van der Waals surface area contributed by atoms with Gasteiger partial charge in [-0.1, -0.05) is 47.0 Å². The molecule has 0 saturated heterocycles. The van der Waals surface area contributed by atoms with E-state index in [1.54, 1.807) is 0 Å². The van der Waals surface area contributed by atoms with Crippen molar-refractivity contribution in [3.8, 4) is 0 Å². The van der Waals surface area contributed by atoms with Crippen molar-refractivity contribution in [2.75, 3.05) is 6.54 Å². The molecular weight excluding hydrogens is 258 g/mol. The van der Waals surface area contributed by atoms with Gasteiger partial charge in [0.15, 0.2) is 0 Å². The van der Waals surface area contributed by atoms with Crippen LogP contribution in [0.3, 0.4) is 0 Å². The molecule has 2 nitrogen and oxygen atoms in total. The highest BCUT2D eigenvalue weighted by atomic mass is 16.5. The number of hydrogen-bond acceptors (Lipinski definition) is 2. The maximum absolute atomic E-state index is 6.65. The van der Waals surface area contributed by atoms with Crippen LogP contribution in [0.5, 0.6) is 0 Å². The molecule has 0 heterocycles. The molecule has 2 saturated carbocycles. The second-order valence-electron chi connectivity index (χ2n) is 7.72. The quantitative estimate of drug-likeness (QED) is 0.762. The molecule has 0 amide bonds. The minimum absolute atomic E-state index is 0.451. The van der Waals surface area contributed by atoms with Crippen molar-refractivity contribution in [1.82, 2.24) is 5.32 Å². The van der Waals surface area contributed by atoms with Crippen molar-refractivity contribution in [2.45, 2.75) is 97.3 Å². The molecule has 5 unspecified atom stereocenters. The largest absolute Gasteiger partial charge is 0.373 e. The third-order valence-electron chi connectivity index (χ3n) is 5.92. The first-order chi connectivity index (χ1) is 10.1. The maximum Gasteiger partial charge on any atom is 0.0734 e. The first kappa shape index (κ1) is 17.3. The molecule has 0 aromatic heterocycles. The molecule has 0 bridgehead atoms. The Balaban J connectivity index is 1.92. The van der Waals surface area contributed by atoms with Gasteiger partial charge in [-0.15, -0.1) is 0 Å². The van der Waals surface area contributed by atoms with E-state index in [1.165, 1.54) is 51.4 Å². The van der Waals surface area contributed by atoms with Crippen LogP contribution in [-0.2, 0) is 4.74 Å². The first-order valence-electron chi connectivity index (χ1n) is 9.52. The highest BCUT2D eigenvalue weighted by molar-refractivity contribution is 4.88. The van der Waals surface area contributed by atoms with Crippen LogP contribution in [0.4, 0.5) is 0 Å². The second-order valence-corrected chi connectivity index (χ2v) is 7.72. The Labute approximate surface area is 132 Å². The number of hydrogen-bond donors (Lipinski definition) is 1. The van der Waals surface area contributed by atoms with Gasteiger partial charge in [0.25, 0.3) is 0 Å². The van der Waals surface area contributed by atoms with E-state index < -0.39 is 0 Å². The Morgan fingerprint density at radius 1 is 1.05 bits per heavy atom. The fraction of sp³-hybridized carbons (Fsp3) is 1.00. The summed E-state index contributed by atoms with van der Waals surface area (Å²) in [7, 11) is 0. The number of nitrogens with one attached hydrogen (secondary N) is 1. The van der Waals surface area contributed by atoms with Gasteiger partial charge in [-0.05, 0) is 56.4 Å². The Morgan fingerprint density at radius 3 is 2.52 bits per heavy atom. The molecule has 5 atom stereocenters. The standard InChI is InChI=1S/C19H37NO/c1-5-15-8-7-9-17(12-15)21-19-13-16(14(3)4)10-11-18(19)20-6-2/h14-20H,5-13H2,1-4H3. The van der Waals surface area contributed by atoms with Crippen LogP contribution >= 0.6 is 0 Å². The van der Waals surface area contributed by atoms with E-state index >= 15 is 0 Å². The lowest BCUT2D eigenvalue weighted by atomic mass is 9.77. The molecule has 0 aliphatic heterocycles. The van der Waals surface area contributed by atoms with Crippen molar-refractivity contribution in [1.29, 1.82) is 0 Å². The number of ether oxygens (including phenoxy) is 1. The normalized spacial score (nSPS) is 37.9. The van der Waals surface area contributed by atoms with Gasteiger partial charge in [-0.3, -0.25) is 0 Å². The third-order valence-corrected chi connectivity index (χ3v) is 5.92. The summed E-state index contributed by atoms with van der Waals surface area (Å²) in [4.78, 5) is 0. The molecule has 2 aliphatic rings. The van der Waals surface area contributed by atoms with Gasteiger partial charge < -0.3 is 10.1 Å². The molecule has 1 N–H and O–H groups in total. The second kappa shape index (κ2) is 8.53. The lowest BCUT2D eigenvalue weighted by molar-refractivity contribution is -0.0806. The zero-order valence-electron chi connectivity index (χ0n) is 14.7. The van der Waals surface area contributed by atoms with Gasteiger partial charge in [0, 0.05) is 6.04 Å². The van der Waals surface area contributed by atoms with E-state index in [9.17, 15) is 0 Å². The predicted octanol–water partition coefficient (Wildman–Crippen LogP) is 4.77. The smallest absolute Gasteiger partial charge is 0.0734 e. The maximum atomic E-state index is 6.65. The molecular formula is C19H37NO. The van der Waals surface area contributed by atoms with E-state index in [2.05, 4.69) is 33.0 Å². The molecule has 2 fully saturated rings. The van der Waals surface area contributed by atoms with Crippen molar-refractivity contribution in [3.05, 3.63) is 0 Å². The van der Waals surface area contributed by atoms with Crippen LogP contribution in [0.1, 0.15) is 79.1 Å². The number of rotatable bonds is 6. The van der Waals surface area contributed by atoms with Gasteiger partial charge in [0.05, 0.1) is 12.2 Å². The highest BCUT2D eigenvalue weighted by Crippen LogP contribution is 2.35. The summed E-state index contributed by atoms with van der Waals surface area (Å²) < 4.78 is 6.65. The molecule has 0 radical (unpaired) electrons. The van der Waals surface area contributed by atoms with E-state index in [4.69, 9.17) is 4.74 Å². The summed E-state index contributed by atoms with van der Waals surface area (Å²) in [6.07, 6.45) is 11.6. The molecule has 0 aromatic rings. The monoisotopic (exact) mass is 295 g/mol. The van der Waals surface area contributed by atoms with Crippen molar-refractivity contribution < 1.29 is 4.74 Å². The van der Waals surface area contributed by atoms with E-state index in [0.29, 0.717) is 18.2 Å². The van der Waals surface area contributed by atoms with Crippen LogP contribution in [0.2, 0.25) is 0 Å². The fourth-order valence-corrected chi connectivity index (χ4v) is 4.39. The Bertz CT molecular complexity index is 291. The van der Waals surface area contributed by atoms with Crippen molar-refractivity contribution in [2.24, 2.45) is 17.8 Å². The van der Waals surface area contributed by atoms with E-state index in [1.807, 2.05) is 0 Å². The highest BCUT2D eigenvalue weighted by Gasteiger charge is 2.34. The van der Waals surface area contributed by atoms with Gasteiger partial charge in [0.1, 0.15) is 0 Å². The third kappa shape index (κ3) is 4.96. The van der Waals surface area contributed by atoms with Crippen molar-refractivity contribution in [3.63, 3.8) is 0 Å². The van der Waals surface area contributed by atoms with Gasteiger partial charge in [-0.25, -0.2) is 0 Å². The zero-order valence-corrected chi connectivity index (χ0v) is 14.7. The average Bonchev–Trinajstić information content (AvgIpc) is 2.49. The van der Waals surface area contributed by atoms with Crippen LogP contribution in [-0.4, -0.2) is 24.8 Å². The minimum atomic E-state index is 0.451. The Hall–Kier alpha value is -0.0800. The predicted molar refractivity (Wildman–Crippen MR) is 90.6 cm³/mol. The molecule has 0 spiro atoms. The topological polar surface area (TPSA) is 21.3 Å². The summed E-state index contributed by atoms with van der Waals surface area (Å²) in [5.41, 5.74) is 0. The fourth-order valence-electron chi connectivity index (χ4n) is 4.39. The lowest BCUT2D eigenvalue weighted by Crippen LogP contribution is -2.48. The molecule has 124 valence electrons. The van der Waals surface area contributed by atoms with Crippen LogP contribution in [0.25, 0.3) is 0 Å². The molecule has 2 heteroatoms. The van der Waals surface area contributed by atoms with E-state index in [-0.39, 0.29) is 0 Å². The summed E-state index contributed by atoms with van der Waals surface area (Å²) in [6.45, 7) is 10.4. The molecule has 21 heavy (non-hydrogen) atoms. The van der Waals surface area contributed by atoms with Gasteiger partial charge >= 0.3 is 0 Å². The van der Waals surface area contributed by atoms with Crippen LogP contribution in [0.15, 0.2) is 0 Å². The first-order valence-corrected chi connectivity index (χ1v) is 9.52. The molecule has 2 aliphatic carbocycles. The molecule has 0 aromatic carbocycles. The Kier molecular flexibility index (Phi) is 7.01. The number of likely N-dealkylation sites (N-methyl/N-ethyl adjacent to an activating group) is 1. The SMILES string of the molecule is CCNC1CCC(C(C)C)CC1OC1CCCC(CC)C1. The summed E-state index contributed by atoms with van der Waals surface area (Å²) >= 11 is 0. The van der Waals surface area contributed by atoms with Crippen molar-refractivity contribution >= 4 is 0 Å². The Morgan fingerprint density at radius 2 is 1.86 bits per heavy atom. The summed E-state index contributed by atoms with van der Waals surface area (Å²) in [5, 5.41) is 3.68. The molecule has 2 rings (SSSR count). The minimum Gasteiger partial charge on any atom is -0.373 e. The van der Waals surface area contributed by atoms with Gasteiger partial charge in [-0.2, -0.15) is 0 Å². The average molecular weight is 296 g/mol. The summed E-state index contributed by atoms with van der Waals surface area (Å²) in [5.74, 6) is 2.56. The zero-order chi connectivity index (χ0) is 15.2. The van der Waals surface area contributed by atoms with Gasteiger partial charge in [0.2, 0.25) is 0 Å². The lowest BCUT2D eigenvalue weighted by Gasteiger charge is -2.41. The summed E-state index contributed by atoms with van der Waals surface area (Å²) in [6, 6.07) is 0.590. The van der Waals surface area contributed by atoms with Crippen LogP contribution in [0, 0.1) is 17.8 Å². The van der Waals surface area contributed by atoms with E-state index in [0.717, 1.165) is 24.3 Å². The van der Waals surface area contributed by atoms with Crippen LogP contribution < -0.4 is 5.32 Å².